The summed E-state index contributed by atoms with van der Waals surface area (Å²) in [5, 5.41) is 13.2. The number of carbonyl (C=O) groups excluding carboxylic acids is 1. The number of halogens is 1. The van der Waals surface area contributed by atoms with Crippen LogP contribution in [0.3, 0.4) is 0 Å². The van der Waals surface area contributed by atoms with Crippen molar-refractivity contribution in [1.82, 2.24) is 25.0 Å². The van der Waals surface area contributed by atoms with E-state index in [0.29, 0.717) is 10.9 Å². The van der Waals surface area contributed by atoms with Crippen LogP contribution in [-0.2, 0) is 4.79 Å². The van der Waals surface area contributed by atoms with Crippen LogP contribution in [0.4, 0.5) is 4.39 Å². The number of benzene rings is 1. The number of thioether (sulfide) groups is 1. The van der Waals surface area contributed by atoms with Crippen LogP contribution >= 0.6 is 11.8 Å². The average molecular weight is 498 g/mol. The van der Waals surface area contributed by atoms with Gasteiger partial charge < -0.3 is 5.32 Å². The molecule has 4 aliphatic carbocycles. The van der Waals surface area contributed by atoms with E-state index in [2.05, 4.69) is 27.3 Å². The second-order valence-electron chi connectivity index (χ2n) is 11.5. The first kappa shape index (κ1) is 23.5. The van der Waals surface area contributed by atoms with Crippen molar-refractivity contribution < 1.29 is 9.18 Å². The summed E-state index contributed by atoms with van der Waals surface area (Å²) in [7, 11) is 0. The second kappa shape index (κ2) is 9.51. The molecule has 5 fully saturated rings. The summed E-state index contributed by atoms with van der Waals surface area (Å²) in [4.78, 5) is 15.6. The third-order valence-corrected chi connectivity index (χ3v) is 9.76. The summed E-state index contributed by atoms with van der Waals surface area (Å²) in [6.45, 7) is 4.27. The number of piperidine rings is 1. The van der Waals surface area contributed by atoms with Gasteiger partial charge in [0.05, 0.1) is 11.8 Å². The third kappa shape index (κ3) is 4.76. The molecule has 1 aliphatic heterocycles. The van der Waals surface area contributed by atoms with Gasteiger partial charge in [0.2, 0.25) is 5.91 Å². The Morgan fingerprint density at radius 2 is 1.69 bits per heavy atom. The van der Waals surface area contributed by atoms with Gasteiger partial charge in [-0.1, -0.05) is 18.2 Å². The van der Waals surface area contributed by atoms with Gasteiger partial charge in [-0.2, -0.15) is 0 Å². The third-order valence-electron chi connectivity index (χ3n) is 8.83. The Hall–Kier alpha value is -1.93. The molecule has 8 heteroatoms. The lowest BCUT2D eigenvalue weighted by atomic mass is 9.53. The van der Waals surface area contributed by atoms with Crippen molar-refractivity contribution in [2.75, 3.05) is 18.8 Å². The highest BCUT2D eigenvalue weighted by molar-refractivity contribution is 7.99. The first-order valence-electron chi connectivity index (χ1n) is 13.4. The Morgan fingerprint density at radius 1 is 1.06 bits per heavy atom. The zero-order valence-electron chi connectivity index (χ0n) is 20.6. The number of carbonyl (C=O) groups is 1. The fourth-order valence-corrected chi connectivity index (χ4v) is 8.43. The number of nitrogens with zero attached hydrogens (tertiary/aromatic N) is 4. The zero-order valence-corrected chi connectivity index (χ0v) is 21.4. The van der Waals surface area contributed by atoms with E-state index in [9.17, 15) is 9.18 Å². The number of hydrogen-bond acceptors (Lipinski definition) is 5. The van der Waals surface area contributed by atoms with E-state index in [1.54, 1.807) is 12.1 Å². The summed E-state index contributed by atoms with van der Waals surface area (Å²) in [5.74, 6) is 3.40. The molecule has 2 heterocycles. The van der Waals surface area contributed by atoms with Crippen LogP contribution in [-0.4, -0.2) is 50.0 Å². The maximum Gasteiger partial charge on any atom is 0.230 e. The van der Waals surface area contributed by atoms with Crippen LogP contribution in [0.25, 0.3) is 5.69 Å². The molecule has 1 atom stereocenters. The first-order valence-corrected chi connectivity index (χ1v) is 14.4. The predicted octanol–water partition coefficient (Wildman–Crippen LogP) is 5.13. The van der Waals surface area contributed by atoms with E-state index in [4.69, 9.17) is 0 Å². The number of nitrogens with one attached hydrogen (secondary N) is 1. The standard InChI is InChI=1S/C27H36FN5OS/c1-18(32-9-3-2-4-10-32)25-30-31-26(33(25)23-7-5-22(28)6-8-23)35-17-24(34)29-27-14-19-11-20(15-27)13-21(12-19)16-27/h5-8,18-21H,2-4,9-17H2,1H3,(H,29,34). The average Bonchev–Trinajstić information content (AvgIpc) is 3.26. The van der Waals surface area contributed by atoms with E-state index in [1.165, 1.54) is 62.4 Å². The largest absolute Gasteiger partial charge is 0.350 e. The lowest BCUT2D eigenvalue weighted by Crippen LogP contribution is -2.60. The van der Waals surface area contributed by atoms with Crippen LogP contribution in [0.2, 0.25) is 0 Å². The smallest absolute Gasteiger partial charge is 0.230 e. The Balaban J connectivity index is 1.19. The maximum absolute atomic E-state index is 13.7. The van der Waals surface area contributed by atoms with Crippen molar-refractivity contribution in [3.8, 4) is 5.69 Å². The van der Waals surface area contributed by atoms with Crippen molar-refractivity contribution in [3.63, 3.8) is 0 Å². The monoisotopic (exact) mass is 497 g/mol. The van der Waals surface area contributed by atoms with Crippen molar-refractivity contribution in [1.29, 1.82) is 0 Å². The Labute approximate surface area is 211 Å². The van der Waals surface area contributed by atoms with Crippen LogP contribution in [0.1, 0.15) is 76.6 Å². The molecule has 1 unspecified atom stereocenters. The minimum Gasteiger partial charge on any atom is -0.350 e. The minimum absolute atomic E-state index is 0.0188. The molecular formula is C27H36FN5OS. The van der Waals surface area contributed by atoms with Crippen LogP contribution < -0.4 is 5.32 Å². The van der Waals surface area contributed by atoms with Gasteiger partial charge in [0, 0.05) is 11.2 Å². The summed E-state index contributed by atoms with van der Waals surface area (Å²) < 4.78 is 15.7. The second-order valence-corrected chi connectivity index (χ2v) is 12.4. The topological polar surface area (TPSA) is 63.1 Å². The van der Waals surface area contributed by atoms with Crippen molar-refractivity contribution >= 4 is 17.7 Å². The number of rotatable bonds is 7. The van der Waals surface area contributed by atoms with Gasteiger partial charge in [0.1, 0.15) is 5.82 Å². The first-order chi connectivity index (χ1) is 17.0. The normalized spacial score (nSPS) is 31.0. The molecule has 0 radical (unpaired) electrons. The molecule has 4 bridgehead atoms. The molecule has 1 aromatic carbocycles. The van der Waals surface area contributed by atoms with E-state index in [-0.39, 0.29) is 23.3 Å². The van der Waals surface area contributed by atoms with E-state index in [0.717, 1.165) is 61.6 Å². The Kier molecular flexibility index (Phi) is 6.37. The number of aromatic nitrogens is 3. The molecule has 1 aromatic heterocycles. The SMILES string of the molecule is CC(c1nnc(SCC(=O)NC23CC4CC(CC(C4)C2)C3)n1-c1ccc(F)cc1)N1CCCCC1. The van der Waals surface area contributed by atoms with Crippen LogP contribution in [0.5, 0.6) is 0 Å². The fraction of sp³-hybridized carbons (Fsp3) is 0.667. The number of hydrogen-bond donors (Lipinski definition) is 1. The molecule has 6 nitrogen and oxygen atoms in total. The lowest BCUT2D eigenvalue weighted by molar-refractivity contribution is -0.124. The van der Waals surface area contributed by atoms with Gasteiger partial charge in [-0.25, -0.2) is 4.39 Å². The van der Waals surface area contributed by atoms with Gasteiger partial charge in [0.15, 0.2) is 11.0 Å². The minimum atomic E-state index is -0.267. The molecule has 0 spiro atoms. The molecular weight excluding hydrogens is 461 g/mol. The maximum atomic E-state index is 13.7. The molecule has 1 saturated heterocycles. The van der Waals surface area contributed by atoms with E-state index in [1.807, 2.05) is 4.57 Å². The van der Waals surface area contributed by atoms with Crippen molar-refractivity contribution in [2.45, 2.75) is 81.4 Å². The quantitative estimate of drug-likeness (QED) is 0.538. The molecule has 5 aliphatic rings. The van der Waals surface area contributed by atoms with Crippen LogP contribution in [0.15, 0.2) is 29.4 Å². The fourth-order valence-electron chi connectivity index (χ4n) is 7.67. The number of amides is 1. The highest BCUT2D eigenvalue weighted by Crippen LogP contribution is 2.55. The molecule has 4 saturated carbocycles. The van der Waals surface area contributed by atoms with Gasteiger partial charge in [-0.15, -0.1) is 10.2 Å². The Bertz CT molecular complexity index is 1030. The lowest BCUT2D eigenvalue weighted by Gasteiger charge is -2.56. The van der Waals surface area contributed by atoms with Crippen LogP contribution in [0, 0.1) is 23.6 Å². The summed E-state index contributed by atoms with van der Waals surface area (Å²) in [6, 6.07) is 6.58. The zero-order chi connectivity index (χ0) is 24.0. The van der Waals surface area contributed by atoms with E-state index >= 15 is 0 Å². The van der Waals surface area contributed by atoms with Gasteiger partial charge >= 0.3 is 0 Å². The highest BCUT2D eigenvalue weighted by Gasteiger charge is 2.51. The molecule has 1 N–H and O–H groups in total. The van der Waals surface area contributed by atoms with Gasteiger partial charge in [-0.3, -0.25) is 14.3 Å². The molecule has 7 rings (SSSR count). The predicted molar refractivity (Wildman–Crippen MR) is 135 cm³/mol. The van der Waals surface area contributed by atoms with Gasteiger partial charge in [-0.05, 0) is 113 Å². The van der Waals surface area contributed by atoms with Crippen molar-refractivity contribution in [2.24, 2.45) is 17.8 Å². The molecule has 2 aromatic rings. The van der Waals surface area contributed by atoms with E-state index < -0.39 is 0 Å². The summed E-state index contributed by atoms with van der Waals surface area (Å²) >= 11 is 1.43. The summed E-state index contributed by atoms with van der Waals surface area (Å²) in [6.07, 6.45) is 11.2. The van der Waals surface area contributed by atoms with Gasteiger partial charge in [0.25, 0.3) is 0 Å². The highest BCUT2D eigenvalue weighted by atomic mass is 32.2. The van der Waals surface area contributed by atoms with Crippen molar-refractivity contribution in [3.05, 3.63) is 35.9 Å². The Morgan fingerprint density at radius 3 is 2.31 bits per heavy atom. The molecule has 1 amide bonds. The number of likely N-dealkylation sites (tertiary alicyclic amines) is 1. The summed E-state index contributed by atoms with van der Waals surface area (Å²) in [5.41, 5.74) is 0.851. The molecule has 35 heavy (non-hydrogen) atoms. The molecule has 188 valence electrons.